The van der Waals surface area contributed by atoms with Crippen molar-refractivity contribution in [2.45, 2.75) is 31.2 Å². The molecule has 0 atom stereocenters. The van der Waals surface area contributed by atoms with Crippen LogP contribution in [0.1, 0.15) is 30.7 Å². The minimum atomic E-state index is -0.181. The summed E-state index contributed by atoms with van der Waals surface area (Å²) in [5.74, 6) is 1.11. The Hall–Kier alpha value is -2.48. The average molecular weight is 430 g/mol. The van der Waals surface area contributed by atoms with Crippen LogP contribution in [0.2, 0.25) is 0 Å². The monoisotopic (exact) mass is 429 g/mol. The maximum absolute atomic E-state index is 11.8. The molecule has 140 valence electrons. The molecule has 7 nitrogen and oxygen atoms in total. The third kappa shape index (κ3) is 3.29. The predicted molar refractivity (Wildman–Crippen MR) is 103 cm³/mol. The van der Waals surface area contributed by atoms with Crippen LogP contribution in [-0.2, 0) is 16.8 Å². The molecule has 1 aliphatic rings. The van der Waals surface area contributed by atoms with Crippen LogP contribution in [-0.4, -0.2) is 44.8 Å². The molecule has 0 spiro atoms. The Morgan fingerprint density at radius 2 is 2.04 bits per heavy atom. The van der Waals surface area contributed by atoms with Gasteiger partial charge in [0.1, 0.15) is 6.54 Å². The van der Waals surface area contributed by atoms with Gasteiger partial charge in [0.15, 0.2) is 5.82 Å². The van der Waals surface area contributed by atoms with Crippen molar-refractivity contribution < 1.29 is 9.32 Å². The van der Waals surface area contributed by atoms with Gasteiger partial charge in [0.05, 0.1) is 17.2 Å². The first-order valence-electron chi connectivity index (χ1n) is 8.81. The van der Waals surface area contributed by atoms with E-state index in [-0.39, 0.29) is 17.9 Å². The highest BCUT2D eigenvalue weighted by molar-refractivity contribution is 9.10. The molecule has 0 N–H and O–H groups in total. The molecule has 1 aromatic carbocycles. The topological polar surface area (TPSA) is 77.0 Å². The molecule has 27 heavy (non-hydrogen) atoms. The molecule has 2 heterocycles. The number of hydrogen-bond acceptors (Lipinski definition) is 5. The molecule has 1 aliphatic carbocycles. The Balaban J connectivity index is 1.59. The standard InChI is InChI=1S/C19H20BrN5O2/c1-24(2)16(26)12-25-11-13(10-21-25)17-22-18(23-27-17)19(8-3-9-19)14-4-6-15(20)7-5-14/h4-7,10-11H,3,8-9,12H2,1-2H3. The number of carbonyl (C=O) groups excluding carboxylic acids is 1. The highest BCUT2D eigenvalue weighted by atomic mass is 79.9. The van der Waals surface area contributed by atoms with Gasteiger partial charge in [0, 0.05) is 24.8 Å². The van der Waals surface area contributed by atoms with Gasteiger partial charge in [-0.25, -0.2) is 0 Å². The van der Waals surface area contributed by atoms with Gasteiger partial charge in [-0.15, -0.1) is 0 Å². The second-order valence-electron chi connectivity index (χ2n) is 7.08. The summed E-state index contributed by atoms with van der Waals surface area (Å²) in [4.78, 5) is 18.0. The van der Waals surface area contributed by atoms with Gasteiger partial charge in [-0.05, 0) is 30.5 Å². The van der Waals surface area contributed by atoms with Gasteiger partial charge in [0.2, 0.25) is 5.91 Å². The molecule has 1 fully saturated rings. The van der Waals surface area contributed by atoms with Crippen molar-refractivity contribution in [3.63, 3.8) is 0 Å². The summed E-state index contributed by atoms with van der Waals surface area (Å²) in [6, 6.07) is 8.32. The van der Waals surface area contributed by atoms with E-state index in [0.717, 1.165) is 23.7 Å². The van der Waals surface area contributed by atoms with Crippen LogP contribution in [0.4, 0.5) is 0 Å². The summed E-state index contributed by atoms with van der Waals surface area (Å²) >= 11 is 3.49. The summed E-state index contributed by atoms with van der Waals surface area (Å²) < 4.78 is 8.15. The van der Waals surface area contributed by atoms with E-state index in [2.05, 4.69) is 43.3 Å². The number of likely N-dealkylation sites (N-methyl/N-ethyl adjacent to an activating group) is 1. The molecule has 8 heteroatoms. The molecular weight excluding hydrogens is 410 g/mol. The number of hydrogen-bond donors (Lipinski definition) is 0. The lowest BCUT2D eigenvalue weighted by molar-refractivity contribution is -0.129. The third-order valence-corrected chi connectivity index (χ3v) is 5.66. The van der Waals surface area contributed by atoms with E-state index in [1.165, 1.54) is 10.5 Å². The zero-order valence-electron chi connectivity index (χ0n) is 15.2. The zero-order chi connectivity index (χ0) is 19.0. The molecule has 0 aliphatic heterocycles. The quantitative estimate of drug-likeness (QED) is 0.621. The van der Waals surface area contributed by atoms with Gasteiger partial charge in [-0.1, -0.05) is 39.6 Å². The van der Waals surface area contributed by atoms with E-state index in [9.17, 15) is 4.79 Å². The molecule has 0 radical (unpaired) electrons. The largest absolute Gasteiger partial charge is 0.347 e. The number of amides is 1. The van der Waals surface area contributed by atoms with Gasteiger partial charge in [0.25, 0.3) is 5.89 Å². The SMILES string of the molecule is CN(C)C(=O)Cn1cc(-c2nc(C3(c4ccc(Br)cc4)CCC3)no2)cn1. The number of nitrogens with zero attached hydrogens (tertiary/aromatic N) is 5. The maximum atomic E-state index is 11.8. The van der Waals surface area contributed by atoms with Crippen LogP contribution in [0.5, 0.6) is 0 Å². The van der Waals surface area contributed by atoms with Gasteiger partial charge >= 0.3 is 0 Å². The first-order chi connectivity index (χ1) is 13.0. The summed E-state index contributed by atoms with van der Waals surface area (Å²) in [6.07, 6.45) is 6.55. The molecule has 1 amide bonds. The van der Waals surface area contributed by atoms with Crippen LogP contribution < -0.4 is 0 Å². The van der Waals surface area contributed by atoms with Crippen molar-refractivity contribution in [3.8, 4) is 11.5 Å². The van der Waals surface area contributed by atoms with E-state index < -0.39 is 0 Å². The molecule has 1 saturated carbocycles. The first-order valence-corrected chi connectivity index (χ1v) is 9.60. The minimum Gasteiger partial charge on any atom is -0.347 e. The predicted octanol–water partition coefficient (Wildman–Crippen LogP) is 3.25. The Bertz CT molecular complexity index is 957. The Kier molecular flexibility index (Phi) is 4.59. The average Bonchev–Trinajstić information content (AvgIpc) is 3.25. The van der Waals surface area contributed by atoms with E-state index in [1.54, 1.807) is 31.2 Å². The smallest absolute Gasteiger partial charge is 0.261 e. The van der Waals surface area contributed by atoms with Crippen molar-refractivity contribution in [3.05, 3.63) is 52.5 Å². The van der Waals surface area contributed by atoms with E-state index in [4.69, 9.17) is 4.52 Å². The lowest BCUT2D eigenvalue weighted by Crippen LogP contribution is -2.36. The van der Waals surface area contributed by atoms with Crippen molar-refractivity contribution in [1.29, 1.82) is 0 Å². The van der Waals surface area contributed by atoms with E-state index in [1.807, 2.05) is 12.1 Å². The van der Waals surface area contributed by atoms with E-state index in [0.29, 0.717) is 17.3 Å². The summed E-state index contributed by atoms with van der Waals surface area (Å²) in [5, 5.41) is 8.50. The molecule has 0 unspecified atom stereocenters. The Morgan fingerprint density at radius 1 is 1.30 bits per heavy atom. The summed E-state index contributed by atoms with van der Waals surface area (Å²) in [7, 11) is 3.44. The highest BCUT2D eigenvalue weighted by Crippen LogP contribution is 2.48. The summed E-state index contributed by atoms with van der Waals surface area (Å²) in [6.45, 7) is 0.177. The Morgan fingerprint density at radius 3 is 2.67 bits per heavy atom. The maximum Gasteiger partial charge on any atom is 0.261 e. The van der Waals surface area contributed by atoms with Crippen LogP contribution >= 0.6 is 15.9 Å². The van der Waals surface area contributed by atoms with Gasteiger partial charge < -0.3 is 9.42 Å². The van der Waals surface area contributed by atoms with Crippen LogP contribution in [0, 0.1) is 0 Å². The van der Waals surface area contributed by atoms with Crippen molar-refractivity contribution in [1.82, 2.24) is 24.8 Å². The lowest BCUT2D eigenvalue weighted by Gasteiger charge is -2.39. The fourth-order valence-electron chi connectivity index (χ4n) is 3.32. The van der Waals surface area contributed by atoms with Crippen LogP contribution in [0.15, 0.2) is 45.7 Å². The number of aromatic nitrogens is 4. The molecule has 3 aromatic rings. The van der Waals surface area contributed by atoms with Gasteiger partial charge in [-0.2, -0.15) is 10.1 Å². The lowest BCUT2D eigenvalue weighted by atomic mass is 9.64. The van der Waals surface area contributed by atoms with Gasteiger partial charge in [-0.3, -0.25) is 9.48 Å². The molecular formula is C19H20BrN5O2. The van der Waals surface area contributed by atoms with Crippen LogP contribution in [0.3, 0.4) is 0 Å². The molecule has 0 saturated heterocycles. The molecule has 2 aromatic heterocycles. The number of benzene rings is 1. The number of rotatable bonds is 5. The second-order valence-corrected chi connectivity index (χ2v) is 8.00. The van der Waals surface area contributed by atoms with E-state index >= 15 is 0 Å². The second kappa shape index (κ2) is 6.92. The minimum absolute atomic E-state index is 0.0282. The molecule has 0 bridgehead atoms. The fraction of sp³-hybridized carbons (Fsp3) is 0.368. The zero-order valence-corrected chi connectivity index (χ0v) is 16.8. The number of carbonyl (C=O) groups is 1. The van der Waals surface area contributed by atoms with Crippen molar-refractivity contribution in [2.75, 3.05) is 14.1 Å². The summed E-state index contributed by atoms with van der Waals surface area (Å²) in [5.41, 5.74) is 1.74. The third-order valence-electron chi connectivity index (χ3n) is 5.13. The van der Waals surface area contributed by atoms with Crippen molar-refractivity contribution in [2.24, 2.45) is 0 Å². The fourth-order valence-corrected chi connectivity index (χ4v) is 3.58. The number of halogens is 1. The molecule has 4 rings (SSSR count). The first kappa shape index (κ1) is 17.9. The normalized spacial score (nSPS) is 15.4. The van der Waals surface area contributed by atoms with Crippen molar-refractivity contribution >= 4 is 21.8 Å². The Labute approximate surface area is 165 Å². The van der Waals surface area contributed by atoms with Crippen LogP contribution in [0.25, 0.3) is 11.5 Å². The highest BCUT2D eigenvalue weighted by Gasteiger charge is 2.44.